The van der Waals surface area contributed by atoms with E-state index >= 15 is 0 Å². The highest BCUT2D eigenvalue weighted by atomic mass is 16.5. The minimum Gasteiger partial charge on any atom is -0.493 e. The summed E-state index contributed by atoms with van der Waals surface area (Å²) in [5.74, 6) is 0.536. The molecule has 0 aliphatic rings. The molecule has 25 heavy (non-hydrogen) atoms. The summed E-state index contributed by atoms with van der Waals surface area (Å²) in [7, 11) is 5.59. The van der Waals surface area contributed by atoms with Gasteiger partial charge in [-0.3, -0.25) is 9.78 Å². The molecule has 1 amide bonds. The maximum atomic E-state index is 12.2. The van der Waals surface area contributed by atoms with Crippen molar-refractivity contribution in [3.63, 3.8) is 0 Å². The van der Waals surface area contributed by atoms with E-state index in [9.17, 15) is 4.79 Å². The van der Waals surface area contributed by atoms with Gasteiger partial charge in [0.15, 0.2) is 0 Å². The lowest BCUT2D eigenvalue weighted by Crippen LogP contribution is -2.16. The van der Waals surface area contributed by atoms with E-state index in [-0.39, 0.29) is 5.91 Å². The van der Waals surface area contributed by atoms with Crippen LogP contribution in [0.2, 0.25) is 0 Å². The van der Waals surface area contributed by atoms with Crippen molar-refractivity contribution in [1.82, 2.24) is 4.98 Å². The van der Waals surface area contributed by atoms with Crippen LogP contribution in [-0.2, 0) is 6.42 Å². The molecule has 1 heterocycles. The molecule has 0 aliphatic carbocycles. The number of hydrogen-bond acceptors (Lipinski definition) is 3. The molecule has 0 atom stereocenters. The minimum atomic E-state index is -0.230. The molecule has 0 bridgehead atoms. The van der Waals surface area contributed by atoms with E-state index in [1.165, 1.54) is 17.8 Å². The van der Waals surface area contributed by atoms with Crippen LogP contribution in [0, 0.1) is 0 Å². The lowest BCUT2D eigenvalue weighted by atomic mass is 10.0. The molecule has 4 nitrogen and oxygen atoms in total. The van der Waals surface area contributed by atoms with Crippen molar-refractivity contribution in [2.75, 3.05) is 11.9 Å². The van der Waals surface area contributed by atoms with Crippen LogP contribution in [0.15, 0.2) is 72.9 Å². The Balaban J connectivity index is 1.52. The van der Waals surface area contributed by atoms with Crippen LogP contribution < -0.4 is 15.6 Å². The summed E-state index contributed by atoms with van der Waals surface area (Å²) in [5.41, 5.74) is 2.71. The molecular formula is C20H17BN2O2. The van der Waals surface area contributed by atoms with Crippen LogP contribution >= 0.6 is 0 Å². The molecule has 0 unspecified atom stereocenters. The molecule has 3 aromatic rings. The topological polar surface area (TPSA) is 51.2 Å². The van der Waals surface area contributed by atoms with Crippen molar-refractivity contribution in [1.29, 1.82) is 0 Å². The average molecular weight is 328 g/mol. The summed E-state index contributed by atoms with van der Waals surface area (Å²) < 4.78 is 5.73. The lowest BCUT2D eigenvalue weighted by molar-refractivity contribution is 0.102. The van der Waals surface area contributed by atoms with Crippen molar-refractivity contribution in [2.45, 2.75) is 6.42 Å². The number of carbonyl (C=O) groups excluding carboxylic acids is 1. The molecular weight excluding hydrogens is 311 g/mol. The molecule has 0 saturated heterocycles. The predicted molar refractivity (Wildman–Crippen MR) is 99.7 cm³/mol. The normalized spacial score (nSPS) is 10.2. The molecule has 0 fully saturated rings. The van der Waals surface area contributed by atoms with Crippen LogP contribution in [0.1, 0.15) is 15.9 Å². The summed E-state index contributed by atoms with van der Waals surface area (Å²) in [6, 6.07) is 20.6. The van der Waals surface area contributed by atoms with Gasteiger partial charge in [0.1, 0.15) is 13.6 Å². The number of anilines is 1. The molecule has 2 radical (unpaired) electrons. The maximum absolute atomic E-state index is 12.2. The second kappa shape index (κ2) is 8.15. The number of amides is 1. The molecule has 122 valence electrons. The number of pyridine rings is 1. The first-order valence-corrected chi connectivity index (χ1v) is 8.00. The summed E-state index contributed by atoms with van der Waals surface area (Å²) in [6.45, 7) is 0.603. The third kappa shape index (κ3) is 4.95. The van der Waals surface area contributed by atoms with Gasteiger partial charge in [0.2, 0.25) is 0 Å². The Kier molecular flexibility index (Phi) is 5.47. The van der Waals surface area contributed by atoms with Gasteiger partial charge in [0.25, 0.3) is 5.91 Å². The van der Waals surface area contributed by atoms with Gasteiger partial charge in [-0.05, 0) is 47.6 Å². The summed E-state index contributed by atoms with van der Waals surface area (Å²) in [4.78, 5) is 16.0. The van der Waals surface area contributed by atoms with E-state index in [4.69, 9.17) is 12.6 Å². The Labute approximate surface area is 148 Å². The number of hydrogen-bond donors (Lipinski definition) is 1. The van der Waals surface area contributed by atoms with E-state index in [1.54, 1.807) is 18.2 Å². The smallest absolute Gasteiger partial charge is 0.255 e. The summed E-state index contributed by atoms with van der Waals surface area (Å²) in [5, 5.41) is 2.82. The molecule has 5 heteroatoms. The zero-order valence-electron chi connectivity index (χ0n) is 13.7. The second-order valence-corrected chi connectivity index (χ2v) is 5.53. The van der Waals surface area contributed by atoms with E-state index in [0.717, 1.165) is 12.2 Å². The van der Waals surface area contributed by atoms with E-state index in [1.807, 2.05) is 30.3 Å². The first kappa shape index (κ1) is 16.8. The van der Waals surface area contributed by atoms with Crippen LogP contribution in [0.3, 0.4) is 0 Å². The predicted octanol–water partition coefficient (Wildman–Crippen LogP) is 2.75. The fourth-order valence-electron chi connectivity index (χ4n) is 2.36. The Hall–Kier alpha value is -3.08. The van der Waals surface area contributed by atoms with Gasteiger partial charge >= 0.3 is 0 Å². The van der Waals surface area contributed by atoms with Gasteiger partial charge in [-0.2, -0.15) is 0 Å². The molecule has 2 aromatic carbocycles. The zero-order valence-corrected chi connectivity index (χ0v) is 13.7. The Bertz CT molecular complexity index is 836. The van der Waals surface area contributed by atoms with Crippen molar-refractivity contribution < 1.29 is 9.53 Å². The van der Waals surface area contributed by atoms with Crippen LogP contribution in [0.4, 0.5) is 5.69 Å². The van der Waals surface area contributed by atoms with E-state index in [2.05, 4.69) is 22.4 Å². The highest BCUT2D eigenvalue weighted by Gasteiger charge is 2.06. The van der Waals surface area contributed by atoms with E-state index < -0.39 is 0 Å². The zero-order chi connectivity index (χ0) is 17.5. The highest BCUT2D eigenvalue weighted by molar-refractivity contribution is 6.31. The molecule has 0 aliphatic heterocycles. The number of rotatable bonds is 6. The first-order chi connectivity index (χ1) is 12.2. The Morgan fingerprint density at radius 2 is 1.80 bits per heavy atom. The van der Waals surface area contributed by atoms with Gasteiger partial charge in [-0.15, -0.1) is 0 Å². The first-order valence-electron chi connectivity index (χ1n) is 8.00. The van der Waals surface area contributed by atoms with Gasteiger partial charge < -0.3 is 10.1 Å². The minimum absolute atomic E-state index is 0.230. The number of nitrogens with one attached hydrogen (secondary N) is 1. The number of ether oxygens (including phenoxy) is 1. The largest absolute Gasteiger partial charge is 0.493 e. The number of aromatic nitrogens is 1. The SMILES string of the molecule is [B]c1cc(C(=O)Nc2ccc(OCCc3ccccc3)cc2)ccn1. The summed E-state index contributed by atoms with van der Waals surface area (Å²) >= 11 is 0. The van der Waals surface area contributed by atoms with Crippen molar-refractivity contribution >= 4 is 25.0 Å². The molecule has 1 aromatic heterocycles. The third-order valence-corrected chi connectivity index (χ3v) is 3.66. The lowest BCUT2D eigenvalue weighted by Gasteiger charge is -2.09. The quantitative estimate of drug-likeness (QED) is 0.708. The Morgan fingerprint density at radius 3 is 2.52 bits per heavy atom. The van der Waals surface area contributed by atoms with Crippen molar-refractivity contribution in [3.05, 3.63) is 84.1 Å². The number of carbonyl (C=O) groups is 1. The standard InChI is InChI=1S/C20H17BN2O2/c21-19-14-16(10-12-22-19)20(24)23-17-6-8-18(9-7-17)25-13-11-15-4-2-1-3-5-15/h1-10,12,14H,11,13H2,(H,23,24). The van der Waals surface area contributed by atoms with Crippen LogP contribution in [0.5, 0.6) is 5.75 Å². The van der Waals surface area contributed by atoms with Crippen LogP contribution in [0.25, 0.3) is 0 Å². The third-order valence-electron chi connectivity index (χ3n) is 3.66. The van der Waals surface area contributed by atoms with Gasteiger partial charge in [0, 0.05) is 23.9 Å². The van der Waals surface area contributed by atoms with Gasteiger partial charge in [-0.1, -0.05) is 30.3 Å². The van der Waals surface area contributed by atoms with Crippen LogP contribution in [-0.4, -0.2) is 25.3 Å². The van der Waals surface area contributed by atoms with Crippen molar-refractivity contribution in [3.8, 4) is 5.75 Å². The van der Waals surface area contributed by atoms with Gasteiger partial charge in [-0.25, -0.2) is 0 Å². The van der Waals surface area contributed by atoms with Gasteiger partial charge in [0.05, 0.1) is 6.61 Å². The monoisotopic (exact) mass is 328 g/mol. The molecule has 3 rings (SSSR count). The van der Waals surface area contributed by atoms with Crippen molar-refractivity contribution in [2.24, 2.45) is 0 Å². The fourth-order valence-corrected chi connectivity index (χ4v) is 2.36. The molecule has 0 spiro atoms. The summed E-state index contributed by atoms with van der Waals surface area (Å²) in [6.07, 6.45) is 2.36. The maximum Gasteiger partial charge on any atom is 0.255 e. The average Bonchev–Trinajstić information content (AvgIpc) is 2.64. The molecule has 0 saturated carbocycles. The highest BCUT2D eigenvalue weighted by Crippen LogP contribution is 2.16. The molecule has 1 N–H and O–H groups in total. The van der Waals surface area contributed by atoms with E-state index in [0.29, 0.717) is 23.5 Å². The Morgan fingerprint density at radius 1 is 1.04 bits per heavy atom. The second-order valence-electron chi connectivity index (χ2n) is 5.53. The number of benzene rings is 2. The fraction of sp³-hybridized carbons (Fsp3) is 0.100. The number of nitrogens with zero attached hydrogens (tertiary/aromatic N) is 1.